The van der Waals surface area contributed by atoms with Crippen molar-refractivity contribution >= 4 is 35.2 Å². The summed E-state index contributed by atoms with van der Waals surface area (Å²) >= 11 is 5.93. The molecule has 0 aliphatic heterocycles. The predicted octanol–water partition coefficient (Wildman–Crippen LogP) is 5.06. The summed E-state index contributed by atoms with van der Waals surface area (Å²) in [4.78, 5) is 25.4. The molecular formula is C23H19ClN2O2. The minimum absolute atomic E-state index is 0.136. The van der Waals surface area contributed by atoms with Gasteiger partial charge in [-0.25, -0.2) is 0 Å². The van der Waals surface area contributed by atoms with E-state index in [1.54, 1.807) is 54.6 Å². The van der Waals surface area contributed by atoms with E-state index in [-0.39, 0.29) is 11.6 Å². The van der Waals surface area contributed by atoms with Crippen LogP contribution in [0.3, 0.4) is 0 Å². The normalized spacial score (nSPS) is 11.0. The van der Waals surface area contributed by atoms with Gasteiger partial charge in [-0.3, -0.25) is 9.59 Å². The first kappa shape index (κ1) is 19.4. The molecule has 3 rings (SSSR count). The van der Waals surface area contributed by atoms with Crippen LogP contribution in [0.5, 0.6) is 0 Å². The van der Waals surface area contributed by atoms with Crippen molar-refractivity contribution in [2.24, 2.45) is 0 Å². The highest BCUT2D eigenvalue weighted by atomic mass is 35.5. The first-order chi connectivity index (χ1) is 13.5. The summed E-state index contributed by atoms with van der Waals surface area (Å²) in [6.07, 6.45) is 1.61. The number of aryl methyl sites for hydroxylation is 1. The summed E-state index contributed by atoms with van der Waals surface area (Å²) in [6, 6.07) is 23.2. The molecule has 0 aromatic heterocycles. The fourth-order valence-electron chi connectivity index (χ4n) is 2.50. The van der Waals surface area contributed by atoms with Crippen LogP contribution in [-0.2, 0) is 4.79 Å². The Hall–Kier alpha value is -3.37. The molecule has 5 heteroatoms. The molecule has 2 N–H and O–H groups in total. The van der Waals surface area contributed by atoms with Crippen molar-refractivity contribution in [3.63, 3.8) is 0 Å². The van der Waals surface area contributed by atoms with Gasteiger partial charge in [-0.2, -0.15) is 0 Å². The lowest BCUT2D eigenvalue weighted by Gasteiger charge is -2.11. The zero-order chi connectivity index (χ0) is 19.9. The van der Waals surface area contributed by atoms with Gasteiger partial charge < -0.3 is 10.6 Å². The van der Waals surface area contributed by atoms with E-state index in [1.807, 2.05) is 37.3 Å². The molecule has 0 aliphatic rings. The molecule has 0 radical (unpaired) electrons. The van der Waals surface area contributed by atoms with Gasteiger partial charge in [0.15, 0.2) is 0 Å². The molecule has 28 heavy (non-hydrogen) atoms. The van der Waals surface area contributed by atoms with Gasteiger partial charge in [0.2, 0.25) is 0 Å². The SMILES string of the molecule is Cc1ccc(C(=O)N/C(=C\c2ccc(Cl)cc2)C(=O)Nc2ccccc2)cc1. The Labute approximate surface area is 168 Å². The van der Waals surface area contributed by atoms with E-state index in [4.69, 9.17) is 11.6 Å². The third-order valence-corrected chi connectivity index (χ3v) is 4.27. The fourth-order valence-corrected chi connectivity index (χ4v) is 2.63. The van der Waals surface area contributed by atoms with Crippen LogP contribution < -0.4 is 10.6 Å². The van der Waals surface area contributed by atoms with Gasteiger partial charge in [0, 0.05) is 16.3 Å². The summed E-state index contributed by atoms with van der Waals surface area (Å²) in [5.41, 5.74) is 3.04. The Bertz CT molecular complexity index is 995. The van der Waals surface area contributed by atoms with Crippen LogP contribution in [0.1, 0.15) is 21.5 Å². The molecule has 0 atom stereocenters. The number of nitrogens with one attached hydrogen (secondary N) is 2. The lowest BCUT2D eigenvalue weighted by molar-refractivity contribution is -0.113. The molecular weight excluding hydrogens is 372 g/mol. The van der Waals surface area contributed by atoms with Gasteiger partial charge in [0.1, 0.15) is 5.70 Å². The molecule has 0 fully saturated rings. The van der Waals surface area contributed by atoms with Crippen LogP contribution in [0, 0.1) is 6.92 Å². The molecule has 0 saturated heterocycles. The molecule has 0 bridgehead atoms. The molecule has 3 aromatic carbocycles. The fraction of sp³-hybridized carbons (Fsp3) is 0.0435. The Morgan fingerprint density at radius 2 is 1.50 bits per heavy atom. The number of hydrogen-bond acceptors (Lipinski definition) is 2. The second-order valence-corrected chi connectivity index (χ2v) is 6.69. The van der Waals surface area contributed by atoms with Crippen molar-refractivity contribution in [1.29, 1.82) is 0 Å². The number of rotatable bonds is 5. The highest BCUT2D eigenvalue weighted by molar-refractivity contribution is 6.30. The quantitative estimate of drug-likeness (QED) is 0.598. The molecule has 140 valence electrons. The van der Waals surface area contributed by atoms with E-state index >= 15 is 0 Å². The van der Waals surface area contributed by atoms with Crippen molar-refractivity contribution in [2.45, 2.75) is 6.92 Å². The third kappa shape index (κ3) is 5.32. The zero-order valence-corrected chi connectivity index (χ0v) is 16.0. The lowest BCUT2D eigenvalue weighted by Crippen LogP contribution is -2.30. The van der Waals surface area contributed by atoms with Crippen LogP contribution in [0.15, 0.2) is 84.6 Å². The summed E-state index contributed by atoms with van der Waals surface area (Å²) in [5.74, 6) is -0.773. The molecule has 0 aliphatic carbocycles. The van der Waals surface area contributed by atoms with Gasteiger partial charge in [-0.05, 0) is 55.0 Å². The van der Waals surface area contributed by atoms with Gasteiger partial charge >= 0.3 is 0 Å². The number of anilines is 1. The maximum Gasteiger partial charge on any atom is 0.272 e. The summed E-state index contributed by atoms with van der Waals surface area (Å²) in [7, 11) is 0. The molecule has 0 spiro atoms. The van der Waals surface area contributed by atoms with Crippen LogP contribution in [0.25, 0.3) is 6.08 Å². The van der Waals surface area contributed by atoms with E-state index in [1.165, 1.54) is 0 Å². The summed E-state index contributed by atoms with van der Waals surface area (Å²) in [6.45, 7) is 1.95. The zero-order valence-electron chi connectivity index (χ0n) is 15.3. The topological polar surface area (TPSA) is 58.2 Å². The smallest absolute Gasteiger partial charge is 0.272 e. The summed E-state index contributed by atoms with van der Waals surface area (Å²) < 4.78 is 0. The number of halogens is 1. The Morgan fingerprint density at radius 3 is 2.14 bits per heavy atom. The molecule has 0 heterocycles. The Morgan fingerprint density at radius 1 is 0.857 bits per heavy atom. The van der Waals surface area contributed by atoms with Crippen LogP contribution in [0.2, 0.25) is 5.02 Å². The van der Waals surface area contributed by atoms with Crippen molar-refractivity contribution in [1.82, 2.24) is 5.32 Å². The first-order valence-electron chi connectivity index (χ1n) is 8.73. The maximum absolute atomic E-state index is 12.8. The Kier molecular flexibility index (Phi) is 6.25. The van der Waals surface area contributed by atoms with Crippen LogP contribution in [0.4, 0.5) is 5.69 Å². The van der Waals surface area contributed by atoms with Crippen molar-refractivity contribution in [2.75, 3.05) is 5.32 Å². The van der Waals surface area contributed by atoms with Gasteiger partial charge in [-0.1, -0.05) is 59.6 Å². The minimum atomic E-state index is -0.415. The minimum Gasteiger partial charge on any atom is -0.321 e. The first-order valence-corrected chi connectivity index (χ1v) is 9.11. The van der Waals surface area contributed by atoms with Gasteiger partial charge in [-0.15, -0.1) is 0 Å². The summed E-state index contributed by atoms with van der Waals surface area (Å²) in [5, 5.41) is 6.10. The number of hydrogen-bond donors (Lipinski definition) is 2. The van der Waals surface area contributed by atoms with Crippen molar-refractivity contribution in [3.8, 4) is 0 Å². The number of para-hydroxylation sites is 1. The van der Waals surface area contributed by atoms with Crippen molar-refractivity contribution in [3.05, 3.63) is 106 Å². The Balaban J connectivity index is 1.87. The van der Waals surface area contributed by atoms with Crippen LogP contribution in [-0.4, -0.2) is 11.8 Å². The standard InChI is InChI=1S/C23H19ClN2O2/c1-16-7-11-18(12-8-16)22(27)26-21(15-17-9-13-19(24)14-10-17)23(28)25-20-5-3-2-4-6-20/h2-15H,1H3,(H,25,28)(H,26,27)/b21-15-. The van der Waals surface area contributed by atoms with E-state index in [0.29, 0.717) is 16.3 Å². The number of carbonyl (C=O) groups is 2. The van der Waals surface area contributed by atoms with Gasteiger partial charge in [0.05, 0.1) is 0 Å². The second kappa shape index (κ2) is 9.02. The highest BCUT2D eigenvalue weighted by Gasteiger charge is 2.15. The average Bonchev–Trinajstić information content (AvgIpc) is 2.70. The lowest BCUT2D eigenvalue weighted by atomic mass is 10.1. The number of benzene rings is 3. The second-order valence-electron chi connectivity index (χ2n) is 6.25. The van der Waals surface area contributed by atoms with E-state index in [0.717, 1.165) is 11.1 Å². The van der Waals surface area contributed by atoms with E-state index in [2.05, 4.69) is 10.6 Å². The van der Waals surface area contributed by atoms with Gasteiger partial charge in [0.25, 0.3) is 11.8 Å². The highest BCUT2D eigenvalue weighted by Crippen LogP contribution is 2.14. The number of amides is 2. The average molecular weight is 391 g/mol. The molecule has 3 aromatic rings. The maximum atomic E-state index is 12.8. The molecule has 4 nitrogen and oxygen atoms in total. The van der Waals surface area contributed by atoms with Crippen LogP contribution >= 0.6 is 11.6 Å². The van der Waals surface area contributed by atoms with Crippen molar-refractivity contribution < 1.29 is 9.59 Å². The molecule has 0 saturated carbocycles. The molecule has 2 amide bonds. The monoisotopic (exact) mass is 390 g/mol. The largest absolute Gasteiger partial charge is 0.321 e. The van der Waals surface area contributed by atoms with E-state index < -0.39 is 5.91 Å². The third-order valence-electron chi connectivity index (χ3n) is 4.02. The predicted molar refractivity (Wildman–Crippen MR) is 113 cm³/mol. The molecule has 0 unspecified atom stereocenters. The number of carbonyl (C=O) groups excluding carboxylic acids is 2. The van der Waals surface area contributed by atoms with E-state index in [9.17, 15) is 9.59 Å².